The lowest BCUT2D eigenvalue weighted by molar-refractivity contribution is 0.147. The van der Waals surface area contributed by atoms with Gasteiger partial charge in [0.25, 0.3) is 0 Å². The van der Waals surface area contributed by atoms with E-state index >= 15 is 0 Å². The van der Waals surface area contributed by atoms with Crippen LogP contribution in [0.25, 0.3) is 0 Å². The van der Waals surface area contributed by atoms with Crippen molar-refractivity contribution in [3.8, 4) is 0 Å². The van der Waals surface area contributed by atoms with Crippen molar-refractivity contribution in [2.75, 3.05) is 48.6 Å². The van der Waals surface area contributed by atoms with Crippen molar-refractivity contribution in [3.05, 3.63) is 0 Å². The van der Waals surface area contributed by atoms with Crippen LogP contribution < -0.4 is 0 Å². The van der Waals surface area contributed by atoms with Gasteiger partial charge in [0.05, 0.1) is 13.3 Å². The van der Waals surface area contributed by atoms with Gasteiger partial charge in [-0.05, 0) is 35.2 Å². The summed E-state index contributed by atoms with van der Waals surface area (Å²) in [7, 11) is 10.4. The van der Waals surface area contributed by atoms with E-state index in [9.17, 15) is 0 Å². The van der Waals surface area contributed by atoms with E-state index in [0.717, 1.165) is 13.3 Å². The highest BCUT2D eigenvalue weighted by molar-refractivity contribution is 4.45. The van der Waals surface area contributed by atoms with Gasteiger partial charge < -0.3 is 0 Å². The topological polar surface area (TPSA) is 9.72 Å². The molecular formula is C11H35N3. The third kappa shape index (κ3) is 22.6. The fourth-order valence-electron chi connectivity index (χ4n) is 1.01. The number of hydrogen-bond acceptors (Lipinski definition) is 3. The van der Waals surface area contributed by atoms with E-state index in [-0.39, 0.29) is 29.7 Å². The van der Waals surface area contributed by atoms with Crippen LogP contribution in [0.3, 0.4) is 0 Å². The van der Waals surface area contributed by atoms with Crippen LogP contribution in [0, 0.1) is 0 Å². The van der Waals surface area contributed by atoms with Crippen molar-refractivity contribution in [2.24, 2.45) is 0 Å². The van der Waals surface area contributed by atoms with Gasteiger partial charge in [-0.15, -0.1) is 0 Å². The van der Waals surface area contributed by atoms with Gasteiger partial charge in [-0.1, -0.05) is 29.7 Å². The molecule has 0 aliphatic heterocycles. The van der Waals surface area contributed by atoms with Crippen LogP contribution in [0.5, 0.6) is 0 Å². The van der Waals surface area contributed by atoms with E-state index in [4.69, 9.17) is 0 Å². The minimum Gasteiger partial charge on any atom is -0.297 e. The quantitative estimate of drug-likeness (QED) is 0.659. The predicted octanol–water partition coefficient (Wildman–Crippen LogP) is 2.50. The van der Waals surface area contributed by atoms with Crippen LogP contribution in [0.2, 0.25) is 0 Å². The number of nitrogens with zero attached hydrogens (tertiary/aromatic N) is 3. The van der Waals surface area contributed by atoms with E-state index in [1.54, 1.807) is 0 Å². The van der Waals surface area contributed by atoms with E-state index in [2.05, 4.69) is 49.9 Å². The first kappa shape index (κ1) is 29.2. The summed E-state index contributed by atoms with van der Waals surface area (Å²) >= 11 is 0. The molecule has 14 heavy (non-hydrogen) atoms. The summed E-state index contributed by atoms with van der Waals surface area (Å²) in [5.74, 6) is 0. The molecule has 0 radical (unpaired) electrons. The maximum atomic E-state index is 2.25. The molecule has 0 atom stereocenters. The molecule has 3 heteroatoms. The Bertz CT molecular complexity index is 72.6. The lowest BCUT2D eigenvalue weighted by Gasteiger charge is -2.24. The zero-order valence-corrected chi connectivity index (χ0v) is 7.76. The molecule has 0 N–H and O–H groups in total. The zero-order valence-electron chi connectivity index (χ0n) is 7.76. The Morgan fingerprint density at radius 3 is 0.929 bits per heavy atom. The van der Waals surface area contributed by atoms with Crippen LogP contribution in [-0.2, 0) is 0 Å². The van der Waals surface area contributed by atoms with Crippen LogP contribution in [0.15, 0.2) is 0 Å². The molecule has 0 heterocycles. The van der Waals surface area contributed by atoms with E-state index < -0.39 is 0 Å². The first-order valence-electron chi connectivity index (χ1n) is 3.50. The van der Waals surface area contributed by atoms with Gasteiger partial charge in [-0.2, -0.15) is 0 Å². The van der Waals surface area contributed by atoms with Crippen LogP contribution in [0.4, 0.5) is 0 Å². The molecule has 0 aliphatic carbocycles. The minimum atomic E-state index is 0. The van der Waals surface area contributed by atoms with E-state index in [1.807, 2.05) is 0 Å². The van der Waals surface area contributed by atoms with Crippen LogP contribution >= 0.6 is 0 Å². The monoisotopic (exact) mass is 209 g/mol. The third-order valence-corrected chi connectivity index (χ3v) is 1.05. The summed E-state index contributed by atoms with van der Waals surface area (Å²) in [4.78, 5) is 6.56. The second-order valence-corrected chi connectivity index (χ2v) is 3.30. The Morgan fingerprint density at radius 1 is 0.571 bits per heavy atom. The largest absolute Gasteiger partial charge is 0.297 e. The highest BCUT2D eigenvalue weighted by atomic mass is 15.3. The summed E-state index contributed by atoms with van der Waals surface area (Å²) in [5.41, 5.74) is 0. The van der Waals surface area contributed by atoms with Gasteiger partial charge in [0.2, 0.25) is 0 Å². The van der Waals surface area contributed by atoms with Crippen molar-refractivity contribution in [1.29, 1.82) is 0 Å². The molecule has 0 aromatic carbocycles. The summed E-state index contributed by atoms with van der Waals surface area (Å²) in [5, 5.41) is 0. The van der Waals surface area contributed by atoms with Crippen LogP contribution in [-0.4, -0.2) is 63.3 Å². The van der Waals surface area contributed by atoms with E-state index in [1.165, 1.54) is 0 Å². The van der Waals surface area contributed by atoms with Crippen molar-refractivity contribution in [3.63, 3.8) is 0 Å². The van der Waals surface area contributed by atoms with Gasteiger partial charge >= 0.3 is 0 Å². The smallest absolute Gasteiger partial charge is 0.0509 e. The molecule has 0 aromatic rings. The summed E-state index contributed by atoms with van der Waals surface area (Å²) < 4.78 is 0. The van der Waals surface area contributed by atoms with Gasteiger partial charge in [-0.3, -0.25) is 14.7 Å². The molecule has 0 amide bonds. The van der Waals surface area contributed by atoms with Gasteiger partial charge in [-0.25, -0.2) is 0 Å². The molecular weight excluding hydrogens is 174 g/mol. The minimum absolute atomic E-state index is 0. The zero-order chi connectivity index (χ0) is 8.15. The van der Waals surface area contributed by atoms with Crippen molar-refractivity contribution in [1.82, 2.24) is 14.7 Å². The fraction of sp³-hybridized carbons (Fsp3) is 1.00. The molecule has 0 saturated carbocycles. The van der Waals surface area contributed by atoms with Crippen molar-refractivity contribution < 1.29 is 0 Å². The normalized spacial score (nSPS) is 8.57. The van der Waals surface area contributed by atoms with Crippen molar-refractivity contribution in [2.45, 2.75) is 29.7 Å². The summed E-state index contributed by atoms with van der Waals surface area (Å²) in [6, 6.07) is 0. The molecule has 0 bridgehead atoms. The predicted molar refractivity (Wildman–Crippen MR) is 71.8 cm³/mol. The Labute approximate surface area is 93.7 Å². The number of rotatable bonds is 4. The molecule has 0 spiro atoms. The summed E-state index contributed by atoms with van der Waals surface area (Å²) in [6.07, 6.45) is 0. The average molecular weight is 209 g/mol. The Kier molecular flexibility index (Phi) is 32.0. The molecule has 0 fully saturated rings. The van der Waals surface area contributed by atoms with Crippen LogP contribution in [0.1, 0.15) is 29.7 Å². The second kappa shape index (κ2) is 15.4. The molecule has 0 aliphatic rings. The Hall–Kier alpha value is -0.120. The maximum Gasteiger partial charge on any atom is 0.0509 e. The number of hydrogen-bond donors (Lipinski definition) is 0. The SMILES string of the molecule is C.C.C.C.CN(C)CN(C)CN(C)C. The molecule has 3 nitrogen and oxygen atoms in total. The second-order valence-electron chi connectivity index (χ2n) is 3.30. The first-order valence-corrected chi connectivity index (χ1v) is 3.50. The summed E-state index contributed by atoms with van der Waals surface area (Å²) in [6.45, 7) is 2.02. The molecule has 0 saturated heterocycles. The van der Waals surface area contributed by atoms with Gasteiger partial charge in [0.15, 0.2) is 0 Å². The highest BCUT2D eigenvalue weighted by Crippen LogP contribution is 1.85. The average Bonchev–Trinajstić information content (AvgIpc) is 1.58. The van der Waals surface area contributed by atoms with E-state index in [0.29, 0.717) is 0 Å². The molecule has 0 rings (SSSR count). The Morgan fingerprint density at radius 2 is 0.786 bits per heavy atom. The third-order valence-electron chi connectivity index (χ3n) is 1.05. The molecule has 0 unspecified atom stereocenters. The first-order chi connectivity index (χ1) is 4.52. The van der Waals surface area contributed by atoms with Crippen molar-refractivity contribution >= 4 is 0 Å². The lowest BCUT2D eigenvalue weighted by Crippen LogP contribution is -2.36. The highest BCUT2D eigenvalue weighted by Gasteiger charge is 1.98. The lowest BCUT2D eigenvalue weighted by atomic mass is 10.7. The molecule has 94 valence electrons. The van der Waals surface area contributed by atoms with Gasteiger partial charge in [0.1, 0.15) is 0 Å². The fourth-order valence-corrected chi connectivity index (χ4v) is 1.01. The maximum absolute atomic E-state index is 2.25. The molecule has 0 aromatic heterocycles. The Balaban J connectivity index is -0.0000000675. The van der Waals surface area contributed by atoms with Gasteiger partial charge in [0, 0.05) is 0 Å². The standard InChI is InChI=1S/C7H19N3.4CH4/c1-8(2)6-10(5)7-9(3)4;;;;/h6-7H2,1-5H3;4*1H4.